The summed E-state index contributed by atoms with van der Waals surface area (Å²) >= 11 is 0. The van der Waals surface area contributed by atoms with Gasteiger partial charge in [-0.15, -0.1) is 12.4 Å². The number of rotatable bonds is 4. The van der Waals surface area contributed by atoms with Crippen LogP contribution >= 0.6 is 12.4 Å². The Morgan fingerprint density at radius 1 is 1.32 bits per heavy atom. The second kappa shape index (κ2) is 7.77. The van der Waals surface area contributed by atoms with E-state index in [4.69, 9.17) is 10.3 Å². The van der Waals surface area contributed by atoms with Gasteiger partial charge in [0, 0.05) is 24.2 Å². The van der Waals surface area contributed by atoms with E-state index in [1.165, 1.54) is 12.8 Å². The van der Waals surface area contributed by atoms with E-state index in [9.17, 15) is 0 Å². The van der Waals surface area contributed by atoms with Crippen LogP contribution < -0.4 is 5.73 Å². The van der Waals surface area contributed by atoms with Gasteiger partial charge in [0.25, 0.3) is 0 Å². The van der Waals surface area contributed by atoms with Crippen LogP contribution in [-0.4, -0.2) is 29.2 Å². The van der Waals surface area contributed by atoms with E-state index in [-0.39, 0.29) is 12.4 Å². The Morgan fingerprint density at radius 2 is 2.09 bits per heavy atom. The summed E-state index contributed by atoms with van der Waals surface area (Å²) in [7, 11) is 0. The van der Waals surface area contributed by atoms with E-state index < -0.39 is 0 Å². The molecule has 0 spiro atoms. The van der Waals surface area contributed by atoms with Crippen molar-refractivity contribution in [1.82, 2.24) is 10.1 Å². The van der Waals surface area contributed by atoms with Gasteiger partial charge in [-0.25, -0.2) is 0 Å². The fourth-order valence-electron chi connectivity index (χ4n) is 3.09. The average Bonchev–Trinajstić information content (AvgIpc) is 2.98. The van der Waals surface area contributed by atoms with Gasteiger partial charge in [0.1, 0.15) is 5.69 Å². The number of halogens is 1. The maximum absolute atomic E-state index is 5.92. The van der Waals surface area contributed by atoms with Crippen LogP contribution in [-0.2, 0) is 6.54 Å². The van der Waals surface area contributed by atoms with E-state index in [0.29, 0.717) is 12.6 Å². The highest BCUT2D eigenvalue weighted by molar-refractivity contribution is 5.85. The van der Waals surface area contributed by atoms with Gasteiger partial charge in [0.2, 0.25) is 0 Å². The van der Waals surface area contributed by atoms with Gasteiger partial charge in [-0.2, -0.15) is 0 Å². The third kappa shape index (κ3) is 3.88. The molecule has 2 aromatic rings. The zero-order valence-electron chi connectivity index (χ0n) is 12.9. The number of aromatic nitrogens is 1. The fourth-order valence-corrected chi connectivity index (χ4v) is 3.09. The number of nitrogens with two attached hydrogens (primary N) is 1. The number of benzene rings is 1. The molecule has 0 bridgehead atoms. The first-order chi connectivity index (χ1) is 10.3. The molecular weight excluding hydrogens is 298 g/mol. The first-order valence-corrected chi connectivity index (χ1v) is 7.71. The van der Waals surface area contributed by atoms with Crippen LogP contribution in [0.1, 0.15) is 25.5 Å². The lowest BCUT2D eigenvalue weighted by Crippen LogP contribution is -2.45. The minimum atomic E-state index is 0. The zero-order chi connectivity index (χ0) is 14.7. The molecule has 2 atom stereocenters. The van der Waals surface area contributed by atoms with Crippen molar-refractivity contribution in [3.05, 3.63) is 42.2 Å². The molecule has 1 aromatic carbocycles. The van der Waals surface area contributed by atoms with Crippen LogP contribution in [0.25, 0.3) is 11.3 Å². The molecule has 0 amide bonds. The molecule has 22 heavy (non-hydrogen) atoms. The van der Waals surface area contributed by atoms with Gasteiger partial charge in [0.15, 0.2) is 5.76 Å². The third-order valence-electron chi connectivity index (χ3n) is 4.36. The molecular formula is C17H24ClN3O. The predicted molar refractivity (Wildman–Crippen MR) is 90.8 cm³/mol. The highest BCUT2D eigenvalue weighted by atomic mass is 35.5. The van der Waals surface area contributed by atoms with Gasteiger partial charge >= 0.3 is 0 Å². The highest BCUT2D eigenvalue weighted by Crippen LogP contribution is 2.25. The normalized spacial score (nSPS) is 22.3. The second-order valence-corrected chi connectivity index (χ2v) is 6.03. The van der Waals surface area contributed by atoms with E-state index >= 15 is 0 Å². The summed E-state index contributed by atoms with van der Waals surface area (Å²) in [6, 6.07) is 12.6. The molecule has 2 N–H and O–H groups in total. The van der Waals surface area contributed by atoms with Gasteiger partial charge in [-0.1, -0.05) is 42.4 Å². The van der Waals surface area contributed by atoms with E-state index in [0.717, 1.165) is 36.0 Å². The molecule has 0 radical (unpaired) electrons. The van der Waals surface area contributed by atoms with Gasteiger partial charge in [-0.3, -0.25) is 4.90 Å². The molecule has 3 rings (SSSR count). The Balaban J connectivity index is 0.00000176. The Hall–Kier alpha value is -1.36. The first kappa shape index (κ1) is 17.0. The van der Waals surface area contributed by atoms with E-state index in [1.807, 2.05) is 36.4 Å². The number of piperidine rings is 1. The lowest BCUT2D eigenvalue weighted by atomic mass is 9.92. The fraction of sp³-hybridized carbons (Fsp3) is 0.471. The molecule has 1 fully saturated rings. The zero-order valence-corrected chi connectivity index (χ0v) is 13.8. The van der Waals surface area contributed by atoms with Crippen molar-refractivity contribution >= 4 is 12.4 Å². The van der Waals surface area contributed by atoms with Crippen LogP contribution in [0.5, 0.6) is 0 Å². The van der Waals surface area contributed by atoms with Crippen molar-refractivity contribution in [2.75, 3.05) is 13.1 Å². The summed E-state index contributed by atoms with van der Waals surface area (Å²) in [5.74, 6) is 1.69. The average molecular weight is 322 g/mol. The lowest BCUT2D eigenvalue weighted by Gasteiger charge is -2.37. The van der Waals surface area contributed by atoms with Crippen molar-refractivity contribution in [3.63, 3.8) is 0 Å². The van der Waals surface area contributed by atoms with Crippen LogP contribution in [0.4, 0.5) is 0 Å². The SMILES string of the molecule is CC1CCN(Cc2cc(-c3ccccc3)no2)C(CN)C1.Cl. The molecule has 1 saturated heterocycles. The summed E-state index contributed by atoms with van der Waals surface area (Å²) in [5, 5.41) is 4.18. The van der Waals surface area contributed by atoms with E-state index in [2.05, 4.69) is 17.0 Å². The number of nitrogens with zero attached hydrogens (tertiary/aromatic N) is 2. The van der Waals surface area contributed by atoms with Gasteiger partial charge in [-0.05, 0) is 25.3 Å². The highest BCUT2D eigenvalue weighted by Gasteiger charge is 2.26. The molecule has 1 aliphatic heterocycles. The maximum atomic E-state index is 5.92. The Labute approximate surface area is 138 Å². The number of hydrogen-bond donors (Lipinski definition) is 1. The van der Waals surface area contributed by atoms with Crippen molar-refractivity contribution in [2.45, 2.75) is 32.4 Å². The molecule has 0 aliphatic carbocycles. The summed E-state index contributed by atoms with van der Waals surface area (Å²) in [6.07, 6.45) is 2.41. The van der Waals surface area contributed by atoms with Gasteiger partial charge < -0.3 is 10.3 Å². The molecule has 2 unspecified atom stereocenters. The summed E-state index contributed by atoms with van der Waals surface area (Å²) in [4.78, 5) is 2.43. The smallest absolute Gasteiger partial charge is 0.151 e. The van der Waals surface area contributed by atoms with Gasteiger partial charge in [0.05, 0.1) is 6.54 Å². The molecule has 1 aromatic heterocycles. The molecule has 1 aliphatic rings. The van der Waals surface area contributed by atoms with Crippen molar-refractivity contribution in [3.8, 4) is 11.3 Å². The van der Waals surface area contributed by atoms with Crippen molar-refractivity contribution in [1.29, 1.82) is 0 Å². The molecule has 5 heteroatoms. The predicted octanol–water partition coefficient (Wildman–Crippen LogP) is 3.32. The molecule has 4 nitrogen and oxygen atoms in total. The Morgan fingerprint density at radius 3 is 2.82 bits per heavy atom. The summed E-state index contributed by atoms with van der Waals surface area (Å²) in [5.41, 5.74) is 7.91. The van der Waals surface area contributed by atoms with Crippen molar-refractivity contribution < 1.29 is 4.52 Å². The Bertz CT molecular complexity index is 572. The van der Waals surface area contributed by atoms with Crippen LogP contribution in [0.2, 0.25) is 0 Å². The molecule has 0 saturated carbocycles. The van der Waals surface area contributed by atoms with Crippen molar-refractivity contribution in [2.24, 2.45) is 11.7 Å². The molecule has 2 heterocycles. The van der Waals surface area contributed by atoms with E-state index in [1.54, 1.807) is 0 Å². The third-order valence-corrected chi connectivity index (χ3v) is 4.36. The maximum Gasteiger partial charge on any atom is 0.151 e. The van der Waals surface area contributed by atoms with Crippen LogP contribution in [0, 0.1) is 5.92 Å². The summed E-state index contributed by atoms with van der Waals surface area (Å²) < 4.78 is 5.51. The quantitative estimate of drug-likeness (QED) is 0.938. The lowest BCUT2D eigenvalue weighted by molar-refractivity contribution is 0.104. The minimum Gasteiger partial charge on any atom is -0.359 e. The number of hydrogen-bond acceptors (Lipinski definition) is 4. The monoisotopic (exact) mass is 321 g/mol. The first-order valence-electron chi connectivity index (χ1n) is 7.71. The molecule has 120 valence electrons. The second-order valence-electron chi connectivity index (χ2n) is 6.03. The summed E-state index contributed by atoms with van der Waals surface area (Å²) in [6.45, 7) is 4.91. The number of likely N-dealkylation sites (tertiary alicyclic amines) is 1. The minimum absolute atomic E-state index is 0. The van der Waals surface area contributed by atoms with Crippen LogP contribution in [0.15, 0.2) is 40.9 Å². The largest absolute Gasteiger partial charge is 0.359 e. The topological polar surface area (TPSA) is 55.3 Å². The standard InChI is InChI=1S/C17H23N3O.ClH/c1-13-7-8-20(15(9-13)11-18)12-16-10-17(19-21-16)14-5-3-2-4-6-14;/h2-6,10,13,15H,7-9,11-12,18H2,1H3;1H. The Kier molecular flexibility index (Phi) is 6.00. The van der Waals surface area contributed by atoms with Crippen LogP contribution in [0.3, 0.4) is 0 Å².